The van der Waals surface area contributed by atoms with Crippen molar-refractivity contribution in [2.24, 2.45) is 46.3 Å². The van der Waals surface area contributed by atoms with Crippen molar-refractivity contribution in [1.82, 2.24) is 0 Å². The van der Waals surface area contributed by atoms with E-state index in [-0.39, 0.29) is 24.4 Å². The monoisotopic (exact) mass is 500 g/mol. The van der Waals surface area contributed by atoms with E-state index in [1.165, 1.54) is 0 Å². The van der Waals surface area contributed by atoms with Gasteiger partial charge in [-0.25, -0.2) is 0 Å². The normalized spacial score (nSPS) is 55.5. The van der Waals surface area contributed by atoms with Gasteiger partial charge in [0.05, 0.1) is 30.5 Å². The summed E-state index contributed by atoms with van der Waals surface area (Å²) in [5, 5.41) is 88.0. The fraction of sp³-hybridized carbons (Fsp3) is 1.00. The lowest BCUT2D eigenvalue weighted by Gasteiger charge is -2.67. The lowest BCUT2D eigenvalue weighted by Crippen LogP contribution is -2.76. The second kappa shape index (κ2) is 9.45. The zero-order valence-electron chi connectivity index (χ0n) is 21.7. The molecule has 4 aliphatic carbocycles. The highest BCUT2D eigenvalue weighted by Gasteiger charge is 2.76. The van der Waals surface area contributed by atoms with E-state index >= 15 is 0 Å². The Labute approximate surface area is 209 Å². The van der Waals surface area contributed by atoms with Crippen molar-refractivity contribution in [1.29, 1.82) is 0 Å². The van der Waals surface area contributed by atoms with Gasteiger partial charge < -0.3 is 40.9 Å². The molecule has 35 heavy (non-hydrogen) atoms. The maximum Gasteiger partial charge on any atom is 0.110 e. The summed E-state index contributed by atoms with van der Waals surface area (Å²) < 4.78 is 0. The number of aliphatic hydroxyl groups excluding tert-OH is 7. The van der Waals surface area contributed by atoms with Crippen LogP contribution in [-0.4, -0.2) is 89.7 Å². The fourth-order valence-electron chi connectivity index (χ4n) is 9.61. The van der Waals surface area contributed by atoms with Crippen LogP contribution in [0.4, 0.5) is 0 Å². The van der Waals surface area contributed by atoms with Gasteiger partial charge in [-0.05, 0) is 66.6 Å². The lowest BCUT2D eigenvalue weighted by atomic mass is 9.40. The van der Waals surface area contributed by atoms with Crippen LogP contribution >= 0.6 is 0 Å². The van der Waals surface area contributed by atoms with Gasteiger partial charge in [0, 0.05) is 18.4 Å². The maximum atomic E-state index is 12.3. The average Bonchev–Trinajstić information content (AvgIpc) is 3.00. The number of aliphatic hydroxyl groups is 8. The molecule has 0 saturated heterocycles. The Morgan fingerprint density at radius 1 is 0.800 bits per heavy atom. The minimum atomic E-state index is -1.83. The van der Waals surface area contributed by atoms with Crippen molar-refractivity contribution in [3.05, 3.63) is 0 Å². The molecule has 0 radical (unpaired) electrons. The summed E-state index contributed by atoms with van der Waals surface area (Å²) >= 11 is 0. The molecule has 0 aromatic carbocycles. The first-order valence-electron chi connectivity index (χ1n) is 13.7. The van der Waals surface area contributed by atoms with Crippen LogP contribution in [-0.2, 0) is 0 Å². The average molecular weight is 501 g/mol. The summed E-state index contributed by atoms with van der Waals surface area (Å²) in [5.41, 5.74) is -3.22. The largest absolute Gasteiger partial charge is 0.396 e. The van der Waals surface area contributed by atoms with Crippen molar-refractivity contribution in [3.8, 4) is 0 Å². The van der Waals surface area contributed by atoms with Gasteiger partial charge in [-0.2, -0.15) is 0 Å². The number of fused-ring (bicyclic) bond motifs is 5. The Morgan fingerprint density at radius 3 is 2.06 bits per heavy atom. The van der Waals surface area contributed by atoms with Crippen LogP contribution in [0.3, 0.4) is 0 Å². The van der Waals surface area contributed by atoms with Gasteiger partial charge in [-0.3, -0.25) is 0 Å². The summed E-state index contributed by atoms with van der Waals surface area (Å²) in [6.07, 6.45) is -3.02. The topological polar surface area (TPSA) is 162 Å². The van der Waals surface area contributed by atoms with Gasteiger partial charge in [-0.1, -0.05) is 40.5 Å². The van der Waals surface area contributed by atoms with Crippen LogP contribution in [0, 0.1) is 46.3 Å². The third-order valence-corrected chi connectivity index (χ3v) is 11.3. The van der Waals surface area contributed by atoms with E-state index in [4.69, 9.17) is 0 Å². The zero-order valence-corrected chi connectivity index (χ0v) is 21.7. The third kappa shape index (κ3) is 3.85. The quantitative estimate of drug-likeness (QED) is 0.260. The number of rotatable bonds is 6. The molecule has 4 saturated carbocycles. The maximum absolute atomic E-state index is 12.3. The highest BCUT2D eigenvalue weighted by molar-refractivity contribution is 5.25. The standard InChI is InChI=1S/C27H48O8/c1-13(12-28)6-5-7-14(2)17-20(31)22(33)23-26(17,4)11-9-16-25(3)10-8-15(29)19(30)18(25)21(32)24(34)27(16,23)35/h13-24,28-35H,5-12H2,1-4H3/t13-,14+,15-,16+,17-,18+,19-,20+,21-,22-,23+,24+,25+,26+,27-/m0/s1. The summed E-state index contributed by atoms with van der Waals surface area (Å²) in [7, 11) is 0. The molecule has 8 nitrogen and oxygen atoms in total. The van der Waals surface area contributed by atoms with Gasteiger partial charge in [0.25, 0.3) is 0 Å². The van der Waals surface area contributed by atoms with Crippen LogP contribution in [0.1, 0.15) is 72.6 Å². The predicted octanol–water partition coefficient (Wildman–Crippen LogP) is 0.410. The SMILES string of the molecule is C[C@H](CO)CCC[C@@H](C)[C@H]1[C@@H](O)[C@H](O)[C@@H]2[C@]1(C)CC[C@@H]1[C@@]3(C)CC[C@H](O)[C@H](O)[C@@H]3[C@H](O)[C@@H](O)[C@]12O. The second-order valence-corrected chi connectivity index (χ2v) is 13.2. The molecule has 0 amide bonds. The summed E-state index contributed by atoms with van der Waals surface area (Å²) in [5.74, 6) is -2.15. The summed E-state index contributed by atoms with van der Waals surface area (Å²) in [6, 6.07) is 0. The number of hydrogen-bond acceptors (Lipinski definition) is 8. The molecule has 0 bridgehead atoms. The van der Waals surface area contributed by atoms with E-state index < -0.39 is 70.8 Å². The Morgan fingerprint density at radius 2 is 1.43 bits per heavy atom. The lowest BCUT2D eigenvalue weighted by molar-refractivity contribution is -0.322. The molecule has 4 aliphatic rings. The van der Waals surface area contributed by atoms with E-state index in [1.807, 2.05) is 20.8 Å². The van der Waals surface area contributed by atoms with E-state index in [1.54, 1.807) is 0 Å². The Hall–Kier alpha value is -0.320. The molecule has 0 aliphatic heterocycles. The van der Waals surface area contributed by atoms with Crippen LogP contribution in [0.5, 0.6) is 0 Å². The van der Waals surface area contributed by atoms with Gasteiger partial charge >= 0.3 is 0 Å². The third-order valence-electron chi connectivity index (χ3n) is 11.3. The summed E-state index contributed by atoms with van der Waals surface area (Å²) in [6.45, 7) is 8.11. The van der Waals surface area contributed by atoms with E-state index in [9.17, 15) is 40.9 Å². The minimum Gasteiger partial charge on any atom is -0.396 e. The van der Waals surface area contributed by atoms with Crippen LogP contribution in [0.2, 0.25) is 0 Å². The molecule has 8 heteroatoms. The molecule has 0 heterocycles. The Bertz CT molecular complexity index is 765. The van der Waals surface area contributed by atoms with E-state index in [0.29, 0.717) is 25.7 Å². The van der Waals surface area contributed by atoms with Crippen molar-refractivity contribution in [2.75, 3.05) is 6.61 Å². The van der Waals surface area contributed by atoms with Crippen LogP contribution in [0.15, 0.2) is 0 Å². The van der Waals surface area contributed by atoms with Crippen molar-refractivity contribution >= 4 is 0 Å². The smallest absolute Gasteiger partial charge is 0.110 e. The molecular formula is C27H48O8. The molecule has 0 aromatic rings. The Balaban J connectivity index is 1.67. The summed E-state index contributed by atoms with van der Waals surface area (Å²) in [4.78, 5) is 0. The first-order chi connectivity index (χ1) is 16.3. The van der Waals surface area contributed by atoms with Crippen molar-refractivity contribution in [3.63, 3.8) is 0 Å². The van der Waals surface area contributed by atoms with Gasteiger partial charge in [0.1, 0.15) is 11.7 Å². The minimum absolute atomic E-state index is 0.0568. The zero-order chi connectivity index (χ0) is 26.1. The van der Waals surface area contributed by atoms with Crippen molar-refractivity contribution in [2.45, 2.75) is 115 Å². The second-order valence-electron chi connectivity index (χ2n) is 13.2. The fourth-order valence-corrected chi connectivity index (χ4v) is 9.61. The molecule has 4 rings (SSSR count). The van der Waals surface area contributed by atoms with Crippen LogP contribution in [0.25, 0.3) is 0 Å². The molecule has 0 unspecified atom stereocenters. The molecular weight excluding hydrogens is 452 g/mol. The molecule has 0 aromatic heterocycles. The van der Waals surface area contributed by atoms with Gasteiger partial charge in [0.2, 0.25) is 0 Å². The van der Waals surface area contributed by atoms with Crippen molar-refractivity contribution < 1.29 is 40.9 Å². The molecule has 8 N–H and O–H groups in total. The highest BCUT2D eigenvalue weighted by Crippen LogP contribution is 2.69. The molecule has 0 spiro atoms. The van der Waals surface area contributed by atoms with E-state index in [0.717, 1.165) is 19.3 Å². The van der Waals surface area contributed by atoms with Gasteiger partial charge in [0.15, 0.2) is 0 Å². The first-order valence-corrected chi connectivity index (χ1v) is 13.7. The molecule has 15 atom stereocenters. The first kappa shape index (κ1) is 27.7. The van der Waals surface area contributed by atoms with Crippen LogP contribution < -0.4 is 0 Å². The van der Waals surface area contributed by atoms with Gasteiger partial charge in [-0.15, -0.1) is 0 Å². The predicted molar refractivity (Wildman–Crippen MR) is 129 cm³/mol. The Kier molecular flexibility index (Phi) is 7.48. The molecule has 4 fully saturated rings. The van der Waals surface area contributed by atoms with E-state index in [2.05, 4.69) is 6.92 Å². The molecule has 204 valence electrons. The highest BCUT2D eigenvalue weighted by atomic mass is 16.4. The number of hydrogen-bond donors (Lipinski definition) is 8.